The van der Waals surface area contributed by atoms with Crippen molar-refractivity contribution in [1.82, 2.24) is 0 Å². The summed E-state index contributed by atoms with van der Waals surface area (Å²) in [6.45, 7) is 17.4. The number of hydrogen-bond acceptors (Lipinski definition) is 0. The standard InChI is InChI=1S/C16H24/c1-8-12-9-10-13(15(2,3)4)11-14(12)16(5,6)7/h8-11H,1H2,2-7H3. The molecule has 0 N–H and O–H groups in total. The molecule has 0 heteroatoms. The van der Waals surface area contributed by atoms with E-state index >= 15 is 0 Å². The van der Waals surface area contributed by atoms with Gasteiger partial charge in [-0.1, -0.05) is 72.4 Å². The van der Waals surface area contributed by atoms with Crippen LogP contribution in [0.4, 0.5) is 0 Å². The maximum atomic E-state index is 3.90. The molecule has 0 aromatic heterocycles. The predicted octanol–water partition coefficient (Wildman–Crippen LogP) is 4.92. The molecular formula is C16H24. The van der Waals surface area contributed by atoms with E-state index in [0.717, 1.165) is 0 Å². The molecule has 0 amide bonds. The molecule has 1 aromatic rings. The van der Waals surface area contributed by atoms with Crippen LogP contribution in [0.1, 0.15) is 58.2 Å². The molecule has 0 spiro atoms. The van der Waals surface area contributed by atoms with E-state index in [1.54, 1.807) is 0 Å². The van der Waals surface area contributed by atoms with Crippen LogP contribution in [-0.2, 0) is 10.8 Å². The van der Waals surface area contributed by atoms with Crippen LogP contribution in [0.3, 0.4) is 0 Å². The maximum Gasteiger partial charge on any atom is -0.0126 e. The van der Waals surface area contributed by atoms with Gasteiger partial charge in [-0.15, -0.1) is 0 Å². The molecule has 16 heavy (non-hydrogen) atoms. The average Bonchev–Trinajstić information content (AvgIpc) is 2.14. The van der Waals surface area contributed by atoms with Crippen LogP contribution >= 0.6 is 0 Å². The van der Waals surface area contributed by atoms with Crippen molar-refractivity contribution in [1.29, 1.82) is 0 Å². The van der Waals surface area contributed by atoms with Gasteiger partial charge in [0.25, 0.3) is 0 Å². The van der Waals surface area contributed by atoms with Crippen LogP contribution in [0, 0.1) is 0 Å². The molecular weight excluding hydrogens is 192 g/mol. The maximum absolute atomic E-state index is 3.90. The first-order valence-corrected chi connectivity index (χ1v) is 5.93. The van der Waals surface area contributed by atoms with Gasteiger partial charge in [0.05, 0.1) is 0 Å². The van der Waals surface area contributed by atoms with E-state index in [4.69, 9.17) is 0 Å². The summed E-state index contributed by atoms with van der Waals surface area (Å²) in [4.78, 5) is 0. The monoisotopic (exact) mass is 216 g/mol. The van der Waals surface area contributed by atoms with Crippen molar-refractivity contribution in [2.24, 2.45) is 0 Å². The largest absolute Gasteiger partial charge is 0.0985 e. The van der Waals surface area contributed by atoms with Gasteiger partial charge in [0, 0.05) is 0 Å². The zero-order valence-electron chi connectivity index (χ0n) is 11.5. The summed E-state index contributed by atoms with van der Waals surface area (Å²) in [6.07, 6.45) is 1.95. The first kappa shape index (κ1) is 13.0. The molecule has 0 saturated heterocycles. The second kappa shape index (κ2) is 4.08. The molecule has 1 aromatic carbocycles. The van der Waals surface area contributed by atoms with Crippen molar-refractivity contribution >= 4 is 6.08 Å². The van der Waals surface area contributed by atoms with Gasteiger partial charge in [-0.3, -0.25) is 0 Å². The van der Waals surface area contributed by atoms with Gasteiger partial charge < -0.3 is 0 Å². The third-order valence-corrected chi connectivity index (χ3v) is 2.95. The molecule has 0 bridgehead atoms. The molecule has 0 heterocycles. The van der Waals surface area contributed by atoms with Gasteiger partial charge in [0.1, 0.15) is 0 Å². The SMILES string of the molecule is C=Cc1ccc(C(C)(C)C)cc1C(C)(C)C. The molecule has 0 unspecified atom stereocenters. The van der Waals surface area contributed by atoms with Gasteiger partial charge >= 0.3 is 0 Å². The highest BCUT2D eigenvalue weighted by Crippen LogP contribution is 2.31. The first-order chi connectivity index (χ1) is 7.16. The van der Waals surface area contributed by atoms with Crippen LogP contribution in [0.5, 0.6) is 0 Å². The van der Waals surface area contributed by atoms with Crippen molar-refractivity contribution in [2.45, 2.75) is 52.4 Å². The summed E-state index contributed by atoms with van der Waals surface area (Å²) in [7, 11) is 0. The highest BCUT2D eigenvalue weighted by molar-refractivity contribution is 5.55. The van der Waals surface area contributed by atoms with Crippen LogP contribution in [0.25, 0.3) is 6.08 Å². The Kier molecular flexibility index (Phi) is 3.33. The van der Waals surface area contributed by atoms with Gasteiger partial charge in [-0.05, 0) is 27.5 Å². The highest BCUT2D eigenvalue weighted by Gasteiger charge is 2.20. The van der Waals surface area contributed by atoms with E-state index in [1.165, 1.54) is 16.7 Å². The van der Waals surface area contributed by atoms with E-state index in [-0.39, 0.29) is 10.8 Å². The van der Waals surface area contributed by atoms with Crippen molar-refractivity contribution in [3.63, 3.8) is 0 Å². The second-order valence-corrected chi connectivity index (χ2v) is 6.51. The van der Waals surface area contributed by atoms with E-state index in [2.05, 4.69) is 66.3 Å². The molecule has 0 aliphatic heterocycles. The Morgan fingerprint density at radius 2 is 1.50 bits per heavy atom. The van der Waals surface area contributed by atoms with Crippen LogP contribution in [0.15, 0.2) is 24.8 Å². The number of benzene rings is 1. The van der Waals surface area contributed by atoms with Crippen molar-refractivity contribution in [3.05, 3.63) is 41.5 Å². The summed E-state index contributed by atoms with van der Waals surface area (Å²) < 4.78 is 0. The topological polar surface area (TPSA) is 0 Å². The molecule has 1 rings (SSSR count). The van der Waals surface area contributed by atoms with Gasteiger partial charge in [0.15, 0.2) is 0 Å². The molecule has 0 fully saturated rings. The molecule has 0 nitrogen and oxygen atoms in total. The fourth-order valence-corrected chi connectivity index (χ4v) is 1.85. The van der Waals surface area contributed by atoms with E-state index in [1.807, 2.05) is 6.08 Å². The fraction of sp³-hybridized carbons (Fsp3) is 0.500. The quantitative estimate of drug-likeness (QED) is 0.624. The molecule has 0 saturated carbocycles. The van der Waals surface area contributed by atoms with Crippen LogP contribution in [0.2, 0.25) is 0 Å². The minimum Gasteiger partial charge on any atom is -0.0985 e. The Morgan fingerprint density at radius 3 is 1.88 bits per heavy atom. The molecule has 0 aliphatic rings. The van der Waals surface area contributed by atoms with Crippen LogP contribution in [-0.4, -0.2) is 0 Å². The number of hydrogen-bond donors (Lipinski definition) is 0. The summed E-state index contributed by atoms with van der Waals surface area (Å²) >= 11 is 0. The lowest BCUT2D eigenvalue weighted by Crippen LogP contribution is -2.17. The lowest BCUT2D eigenvalue weighted by Gasteiger charge is -2.26. The normalized spacial score (nSPS) is 12.6. The zero-order valence-corrected chi connectivity index (χ0v) is 11.5. The summed E-state index contributed by atoms with van der Waals surface area (Å²) in [5.74, 6) is 0. The van der Waals surface area contributed by atoms with Gasteiger partial charge in [-0.2, -0.15) is 0 Å². The summed E-state index contributed by atoms with van der Waals surface area (Å²) in [6, 6.07) is 6.73. The fourth-order valence-electron chi connectivity index (χ4n) is 1.85. The van der Waals surface area contributed by atoms with Crippen molar-refractivity contribution < 1.29 is 0 Å². The predicted molar refractivity (Wildman–Crippen MR) is 73.9 cm³/mol. The van der Waals surface area contributed by atoms with E-state index in [9.17, 15) is 0 Å². The lowest BCUT2D eigenvalue weighted by molar-refractivity contribution is 0.568. The Hall–Kier alpha value is -1.04. The van der Waals surface area contributed by atoms with Crippen LogP contribution < -0.4 is 0 Å². The molecule has 0 radical (unpaired) electrons. The van der Waals surface area contributed by atoms with Crippen molar-refractivity contribution in [3.8, 4) is 0 Å². The molecule has 0 aliphatic carbocycles. The number of rotatable bonds is 1. The Morgan fingerprint density at radius 1 is 0.938 bits per heavy atom. The lowest BCUT2D eigenvalue weighted by atomic mass is 9.78. The third-order valence-electron chi connectivity index (χ3n) is 2.95. The summed E-state index contributed by atoms with van der Waals surface area (Å²) in [5.41, 5.74) is 4.41. The summed E-state index contributed by atoms with van der Waals surface area (Å²) in [5, 5.41) is 0. The minimum absolute atomic E-state index is 0.171. The average molecular weight is 216 g/mol. The van der Waals surface area contributed by atoms with Gasteiger partial charge in [0.2, 0.25) is 0 Å². The molecule has 0 atom stereocenters. The Labute approximate surface area is 100 Å². The smallest absolute Gasteiger partial charge is 0.0126 e. The second-order valence-electron chi connectivity index (χ2n) is 6.51. The Balaban J connectivity index is 3.39. The Bertz CT molecular complexity index is 383. The molecule has 88 valence electrons. The van der Waals surface area contributed by atoms with Gasteiger partial charge in [-0.25, -0.2) is 0 Å². The van der Waals surface area contributed by atoms with E-state index in [0.29, 0.717) is 0 Å². The first-order valence-electron chi connectivity index (χ1n) is 5.93. The highest BCUT2D eigenvalue weighted by atomic mass is 14.3. The third kappa shape index (κ3) is 2.75. The zero-order chi connectivity index (χ0) is 12.6. The van der Waals surface area contributed by atoms with Crippen molar-refractivity contribution in [2.75, 3.05) is 0 Å². The minimum atomic E-state index is 0.171. The van der Waals surface area contributed by atoms with E-state index < -0.39 is 0 Å².